The van der Waals surface area contributed by atoms with E-state index >= 15 is 0 Å². The summed E-state index contributed by atoms with van der Waals surface area (Å²) >= 11 is 0. The minimum atomic E-state index is -3.40. The van der Waals surface area contributed by atoms with E-state index in [9.17, 15) is 18.0 Å². The molecule has 1 unspecified atom stereocenters. The Labute approximate surface area is 188 Å². The number of nitrogens with zero attached hydrogens (tertiary/aromatic N) is 3. The molecule has 0 bridgehead atoms. The van der Waals surface area contributed by atoms with E-state index in [0.29, 0.717) is 37.6 Å². The summed E-state index contributed by atoms with van der Waals surface area (Å²) in [7, 11) is -3.40. The van der Waals surface area contributed by atoms with E-state index in [4.69, 9.17) is 0 Å². The number of rotatable bonds is 5. The standard InChI is InChI=1S/C23H28N4O4S/c1-18-15-22(28)24-20-9-5-6-10-21(20)27(18)23(29)16-25-11-13-26(14-12-25)32(30,31)17-19-7-3-2-4-8-19/h2-10,18H,11-17H2,1H3,(H,24,28). The third-order valence-electron chi connectivity index (χ3n) is 5.90. The molecule has 1 N–H and O–H groups in total. The molecule has 0 aromatic heterocycles. The number of hydrogen-bond acceptors (Lipinski definition) is 5. The Bertz CT molecular complexity index is 1080. The van der Waals surface area contributed by atoms with Crippen molar-refractivity contribution in [2.45, 2.75) is 25.1 Å². The number of benzene rings is 2. The number of hydrogen-bond donors (Lipinski definition) is 1. The normalized spacial score (nSPS) is 20.3. The molecular weight excluding hydrogens is 428 g/mol. The highest BCUT2D eigenvalue weighted by molar-refractivity contribution is 7.88. The van der Waals surface area contributed by atoms with Crippen molar-refractivity contribution >= 4 is 33.2 Å². The Morgan fingerprint density at radius 1 is 1.00 bits per heavy atom. The predicted molar refractivity (Wildman–Crippen MR) is 124 cm³/mol. The number of anilines is 2. The first-order chi connectivity index (χ1) is 15.3. The van der Waals surface area contributed by atoms with Crippen LogP contribution in [0.5, 0.6) is 0 Å². The van der Waals surface area contributed by atoms with Gasteiger partial charge in [-0.2, -0.15) is 4.31 Å². The van der Waals surface area contributed by atoms with Crippen molar-refractivity contribution in [2.24, 2.45) is 0 Å². The van der Waals surface area contributed by atoms with Crippen LogP contribution in [0.2, 0.25) is 0 Å². The lowest BCUT2D eigenvalue weighted by Crippen LogP contribution is -2.52. The van der Waals surface area contributed by atoms with Crippen LogP contribution < -0.4 is 10.2 Å². The molecule has 170 valence electrons. The fourth-order valence-corrected chi connectivity index (χ4v) is 5.79. The van der Waals surface area contributed by atoms with Crippen LogP contribution >= 0.6 is 0 Å². The molecule has 0 saturated carbocycles. The number of fused-ring (bicyclic) bond motifs is 1. The molecule has 0 aliphatic carbocycles. The number of carbonyl (C=O) groups excluding carboxylic acids is 2. The third kappa shape index (κ3) is 5.01. The van der Waals surface area contributed by atoms with Gasteiger partial charge in [-0.15, -0.1) is 0 Å². The molecule has 0 radical (unpaired) electrons. The van der Waals surface area contributed by atoms with Gasteiger partial charge in [0.25, 0.3) is 0 Å². The predicted octanol–water partition coefficient (Wildman–Crippen LogP) is 1.90. The van der Waals surface area contributed by atoms with Crippen LogP contribution in [0, 0.1) is 0 Å². The maximum atomic E-state index is 13.2. The summed E-state index contributed by atoms with van der Waals surface area (Å²) in [6.07, 6.45) is 0.228. The molecule has 9 heteroatoms. The van der Waals surface area contributed by atoms with Crippen molar-refractivity contribution in [1.29, 1.82) is 0 Å². The number of para-hydroxylation sites is 2. The van der Waals surface area contributed by atoms with Crippen molar-refractivity contribution in [3.8, 4) is 0 Å². The SMILES string of the molecule is CC1CC(=O)Nc2ccccc2N1C(=O)CN1CCN(S(=O)(=O)Cc2ccccc2)CC1. The van der Waals surface area contributed by atoms with Gasteiger partial charge in [0, 0.05) is 38.6 Å². The average Bonchev–Trinajstić information content (AvgIpc) is 2.88. The summed E-state index contributed by atoms with van der Waals surface area (Å²) in [4.78, 5) is 29.1. The maximum Gasteiger partial charge on any atom is 0.241 e. The van der Waals surface area contributed by atoms with Gasteiger partial charge in [-0.05, 0) is 24.6 Å². The third-order valence-corrected chi connectivity index (χ3v) is 7.75. The molecule has 1 saturated heterocycles. The topological polar surface area (TPSA) is 90.0 Å². The van der Waals surface area contributed by atoms with Crippen LogP contribution in [0.1, 0.15) is 18.9 Å². The maximum absolute atomic E-state index is 13.2. The van der Waals surface area contributed by atoms with Crippen molar-refractivity contribution < 1.29 is 18.0 Å². The first kappa shape index (κ1) is 22.4. The van der Waals surface area contributed by atoms with Gasteiger partial charge in [-0.25, -0.2) is 8.42 Å². The van der Waals surface area contributed by atoms with Gasteiger partial charge in [-0.3, -0.25) is 14.5 Å². The molecule has 2 amide bonds. The zero-order valence-electron chi connectivity index (χ0n) is 18.1. The number of nitrogens with one attached hydrogen (secondary N) is 1. The van der Waals surface area contributed by atoms with Gasteiger partial charge in [-0.1, -0.05) is 42.5 Å². The molecule has 0 spiro atoms. The van der Waals surface area contributed by atoms with Crippen LogP contribution in [-0.2, 0) is 25.4 Å². The average molecular weight is 457 g/mol. The number of sulfonamides is 1. The van der Waals surface area contributed by atoms with Crippen LogP contribution in [0.4, 0.5) is 11.4 Å². The van der Waals surface area contributed by atoms with Gasteiger partial charge in [0.05, 0.1) is 23.7 Å². The monoisotopic (exact) mass is 456 g/mol. The minimum Gasteiger partial charge on any atom is -0.324 e. The highest BCUT2D eigenvalue weighted by Gasteiger charge is 2.32. The van der Waals surface area contributed by atoms with Gasteiger partial charge < -0.3 is 10.2 Å². The minimum absolute atomic E-state index is 0.0180. The van der Waals surface area contributed by atoms with Crippen molar-refractivity contribution in [2.75, 3.05) is 42.9 Å². The molecule has 2 aliphatic heterocycles. The highest BCUT2D eigenvalue weighted by Crippen LogP contribution is 2.31. The van der Waals surface area contributed by atoms with Gasteiger partial charge in [0.2, 0.25) is 21.8 Å². The zero-order chi connectivity index (χ0) is 22.7. The lowest BCUT2D eigenvalue weighted by molar-refractivity contribution is -0.120. The van der Waals surface area contributed by atoms with Gasteiger partial charge in [0.1, 0.15) is 0 Å². The molecule has 2 aromatic rings. The molecule has 2 aromatic carbocycles. The Morgan fingerprint density at radius 2 is 1.66 bits per heavy atom. The summed E-state index contributed by atoms with van der Waals surface area (Å²) in [5, 5.41) is 2.86. The number of carbonyl (C=O) groups is 2. The van der Waals surface area contributed by atoms with Crippen molar-refractivity contribution in [1.82, 2.24) is 9.21 Å². The van der Waals surface area contributed by atoms with E-state index < -0.39 is 10.0 Å². The summed E-state index contributed by atoms with van der Waals surface area (Å²) in [6, 6.07) is 16.2. The number of amides is 2. The molecule has 2 heterocycles. The van der Waals surface area contributed by atoms with E-state index in [1.165, 1.54) is 4.31 Å². The number of piperazine rings is 1. The fourth-order valence-electron chi connectivity index (χ4n) is 4.28. The second kappa shape index (κ2) is 9.40. The smallest absolute Gasteiger partial charge is 0.241 e. The van der Waals surface area contributed by atoms with Gasteiger partial charge in [0.15, 0.2) is 0 Å². The molecule has 1 atom stereocenters. The Kier molecular flexibility index (Phi) is 6.59. The summed E-state index contributed by atoms with van der Waals surface area (Å²) in [5.74, 6) is -0.227. The van der Waals surface area contributed by atoms with E-state index in [1.807, 2.05) is 60.4 Å². The van der Waals surface area contributed by atoms with Crippen LogP contribution in [0.3, 0.4) is 0 Å². The quantitative estimate of drug-likeness (QED) is 0.742. The molecule has 2 aliphatic rings. The first-order valence-corrected chi connectivity index (χ1v) is 12.4. The fraction of sp³-hybridized carbons (Fsp3) is 0.391. The Balaban J connectivity index is 1.39. The molecule has 4 rings (SSSR count). The second-order valence-corrected chi connectivity index (χ2v) is 10.3. The van der Waals surface area contributed by atoms with Crippen LogP contribution in [0.25, 0.3) is 0 Å². The van der Waals surface area contributed by atoms with E-state index in [0.717, 1.165) is 5.56 Å². The van der Waals surface area contributed by atoms with Crippen LogP contribution in [-0.4, -0.2) is 68.2 Å². The second-order valence-electron chi connectivity index (χ2n) is 8.30. The van der Waals surface area contributed by atoms with E-state index in [-0.39, 0.29) is 36.6 Å². The molecular formula is C23H28N4O4S. The van der Waals surface area contributed by atoms with E-state index in [1.54, 1.807) is 11.0 Å². The Hall–Kier alpha value is -2.75. The summed E-state index contributed by atoms with van der Waals surface area (Å²) in [6.45, 7) is 3.73. The van der Waals surface area contributed by atoms with Crippen molar-refractivity contribution in [3.63, 3.8) is 0 Å². The van der Waals surface area contributed by atoms with Crippen molar-refractivity contribution in [3.05, 3.63) is 60.2 Å². The summed E-state index contributed by atoms with van der Waals surface area (Å²) in [5.41, 5.74) is 2.09. The molecule has 1 fully saturated rings. The zero-order valence-corrected chi connectivity index (χ0v) is 18.9. The molecule has 8 nitrogen and oxygen atoms in total. The Morgan fingerprint density at radius 3 is 2.38 bits per heavy atom. The lowest BCUT2D eigenvalue weighted by atomic mass is 10.1. The summed E-state index contributed by atoms with van der Waals surface area (Å²) < 4.78 is 27.1. The highest BCUT2D eigenvalue weighted by atomic mass is 32.2. The molecule has 32 heavy (non-hydrogen) atoms. The van der Waals surface area contributed by atoms with Gasteiger partial charge >= 0.3 is 0 Å². The van der Waals surface area contributed by atoms with Crippen LogP contribution in [0.15, 0.2) is 54.6 Å². The van der Waals surface area contributed by atoms with E-state index in [2.05, 4.69) is 5.32 Å². The first-order valence-electron chi connectivity index (χ1n) is 10.8. The largest absolute Gasteiger partial charge is 0.324 e. The lowest BCUT2D eigenvalue weighted by Gasteiger charge is -2.35.